The van der Waals surface area contributed by atoms with E-state index in [0.29, 0.717) is 22.0 Å². The van der Waals surface area contributed by atoms with Gasteiger partial charge in [-0.2, -0.15) is 0 Å². The number of ether oxygens (including phenoxy) is 1. The lowest BCUT2D eigenvalue weighted by molar-refractivity contribution is 0.0601. The van der Waals surface area contributed by atoms with Gasteiger partial charge in [0.1, 0.15) is 5.69 Å². The fraction of sp³-hybridized carbons (Fsp3) is 0.0556. The highest BCUT2D eigenvalue weighted by molar-refractivity contribution is 6.30. The van der Waals surface area contributed by atoms with Crippen LogP contribution in [0.4, 0.5) is 0 Å². The van der Waals surface area contributed by atoms with Gasteiger partial charge in [-0.15, -0.1) is 10.2 Å². The molecule has 1 aromatic heterocycles. The Balaban J connectivity index is 2.13. The molecule has 0 aliphatic rings. The van der Waals surface area contributed by atoms with Crippen molar-refractivity contribution in [1.29, 1.82) is 0 Å². The van der Waals surface area contributed by atoms with Crippen LogP contribution in [0.1, 0.15) is 10.4 Å². The van der Waals surface area contributed by atoms with Gasteiger partial charge < -0.3 is 4.74 Å². The molecule has 1 heterocycles. The maximum absolute atomic E-state index is 12.1. The zero-order valence-corrected chi connectivity index (χ0v) is 13.1. The Morgan fingerprint density at radius 2 is 1.65 bits per heavy atom. The highest BCUT2D eigenvalue weighted by atomic mass is 35.5. The molecule has 0 atom stereocenters. The number of aromatic nitrogens is 2. The first-order chi connectivity index (χ1) is 11.2. The highest BCUT2D eigenvalue weighted by Crippen LogP contribution is 2.26. The molecule has 0 amide bonds. The Hall–Kier alpha value is -2.72. The van der Waals surface area contributed by atoms with Crippen molar-refractivity contribution in [2.75, 3.05) is 7.11 Å². The maximum Gasteiger partial charge on any atom is 0.340 e. The second-order valence-corrected chi connectivity index (χ2v) is 5.29. The second kappa shape index (κ2) is 6.58. The summed E-state index contributed by atoms with van der Waals surface area (Å²) in [4.78, 5) is 12.1. The van der Waals surface area contributed by atoms with Gasteiger partial charge in [-0.1, -0.05) is 54.1 Å². The van der Waals surface area contributed by atoms with Crippen molar-refractivity contribution in [3.05, 3.63) is 71.2 Å². The van der Waals surface area contributed by atoms with Crippen LogP contribution in [-0.4, -0.2) is 23.3 Å². The number of carbonyl (C=O) groups excluding carboxylic acids is 1. The second-order valence-electron chi connectivity index (χ2n) is 4.86. The fourth-order valence-corrected chi connectivity index (χ4v) is 2.35. The Kier molecular flexibility index (Phi) is 4.35. The predicted molar refractivity (Wildman–Crippen MR) is 89.3 cm³/mol. The normalized spacial score (nSPS) is 10.3. The number of hydrogen-bond donors (Lipinski definition) is 0. The predicted octanol–water partition coefficient (Wildman–Crippen LogP) is 4.25. The molecule has 0 spiro atoms. The number of nitrogens with zero attached hydrogens (tertiary/aromatic N) is 2. The molecule has 4 nitrogen and oxygen atoms in total. The largest absolute Gasteiger partial charge is 0.465 e. The van der Waals surface area contributed by atoms with E-state index in [1.54, 1.807) is 30.3 Å². The van der Waals surface area contributed by atoms with Crippen molar-refractivity contribution in [3.8, 4) is 22.5 Å². The van der Waals surface area contributed by atoms with Crippen LogP contribution >= 0.6 is 11.6 Å². The lowest BCUT2D eigenvalue weighted by Gasteiger charge is -2.09. The Morgan fingerprint density at radius 3 is 2.30 bits per heavy atom. The Bertz CT molecular complexity index is 833. The van der Waals surface area contributed by atoms with Crippen LogP contribution in [-0.2, 0) is 4.74 Å². The van der Waals surface area contributed by atoms with Crippen molar-refractivity contribution < 1.29 is 9.53 Å². The standard InChI is InChI=1S/C18H13ClN2O2/c1-23-18(22)15-11-16(12-5-3-2-4-6-12)20-21-17(15)13-7-9-14(19)10-8-13/h2-11H,1H3. The third-order valence-electron chi connectivity index (χ3n) is 3.39. The third kappa shape index (κ3) is 3.22. The molecule has 23 heavy (non-hydrogen) atoms. The molecule has 0 fully saturated rings. The van der Waals surface area contributed by atoms with E-state index < -0.39 is 5.97 Å². The summed E-state index contributed by atoms with van der Waals surface area (Å²) in [6, 6.07) is 18.3. The van der Waals surface area contributed by atoms with E-state index in [1.807, 2.05) is 30.3 Å². The zero-order chi connectivity index (χ0) is 16.2. The number of esters is 1. The smallest absolute Gasteiger partial charge is 0.340 e. The van der Waals surface area contributed by atoms with E-state index in [4.69, 9.17) is 16.3 Å². The molecule has 0 bridgehead atoms. The summed E-state index contributed by atoms with van der Waals surface area (Å²) in [5.74, 6) is -0.456. The van der Waals surface area contributed by atoms with E-state index in [9.17, 15) is 4.79 Å². The quantitative estimate of drug-likeness (QED) is 0.676. The summed E-state index contributed by atoms with van der Waals surface area (Å²) >= 11 is 5.91. The van der Waals surface area contributed by atoms with Crippen molar-refractivity contribution in [3.63, 3.8) is 0 Å². The molecule has 2 aromatic carbocycles. The highest BCUT2D eigenvalue weighted by Gasteiger charge is 2.17. The molecule has 0 aliphatic carbocycles. The number of rotatable bonds is 3. The molecule has 0 saturated heterocycles. The molecular formula is C18H13ClN2O2. The first-order valence-electron chi connectivity index (χ1n) is 6.96. The molecule has 0 radical (unpaired) electrons. The minimum atomic E-state index is -0.456. The number of halogens is 1. The van der Waals surface area contributed by atoms with Crippen molar-refractivity contribution in [1.82, 2.24) is 10.2 Å². The van der Waals surface area contributed by atoms with Gasteiger partial charge >= 0.3 is 5.97 Å². The van der Waals surface area contributed by atoms with Gasteiger partial charge in [0, 0.05) is 16.1 Å². The minimum absolute atomic E-state index is 0.365. The van der Waals surface area contributed by atoms with Crippen LogP contribution in [0.5, 0.6) is 0 Å². The lowest BCUT2D eigenvalue weighted by Crippen LogP contribution is -2.07. The van der Waals surface area contributed by atoms with Crippen LogP contribution in [0, 0.1) is 0 Å². The molecule has 3 aromatic rings. The van der Waals surface area contributed by atoms with Crippen LogP contribution in [0.3, 0.4) is 0 Å². The molecular weight excluding hydrogens is 312 g/mol. The lowest BCUT2D eigenvalue weighted by atomic mass is 10.0. The molecule has 0 N–H and O–H groups in total. The molecule has 0 unspecified atom stereocenters. The first kappa shape index (κ1) is 15.2. The van der Waals surface area contributed by atoms with Crippen molar-refractivity contribution in [2.45, 2.75) is 0 Å². The van der Waals surface area contributed by atoms with Gasteiger partial charge in [0.05, 0.1) is 18.4 Å². The summed E-state index contributed by atoms with van der Waals surface area (Å²) in [5, 5.41) is 9.08. The summed E-state index contributed by atoms with van der Waals surface area (Å²) in [5.41, 5.74) is 3.08. The van der Waals surface area contributed by atoms with Gasteiger partial charge in [0.25, 0.3) is 0 Å². The molecule has 0 aliphatic heterocycles. The number of benzene rings is 2. The fourth-order valence-electron chi connectivity index (χ4n) is 2.23. The van der Waals surface area contributed by atoms with Crippen molar-refractivity contribution >= 4 is 17.6 Å². The Labute approximate surface area is 138 Å². The van der Waals surface area contributed by atoms with E-state index in [0.717, 1.165) is 11.1 Å². The zero-order valence-electron chi connectivity index (χ0n) is 12.4. The van der Waals surface area contributed by atoms with Crippen molar-refractivity contribution in [2.24, 2.45) is 0 Å². The Morgan fingerprint density at radius 1 is 0.957 bits per heavy atom. The van der Waals surface area contributed by atoms with Gasteiger partial charge in [-0.25, -0.2) is 4.79 Å². The molecule has 114 valence electrons. The SMILES string of the molecule is COC(=O)c1cc(-c2ccccc2)nnc1-c1ccc(Cl)cc1. The molecule has 5 heteroatoms. The summed E-state index contributed by atoms with van der Waals surface area (Å²) in [6.45, 7) is 0. The first-order valence-corrected chi connectivity index (χ1v) is 7.34. The summed E-state index contributed by atoms with van der Waals surface area (Å²) < 4.78 is 4.88. The average Bonchev–Trinajstić information content (AvgIpc) is 2.62. The summed E-state index contributed by atoms with van der Waals surface area (Å²) in [7, 11) is 1.34. The van der Waals surface area contributed by atoms with Gasteiger partial charge in [-0.05, 0) is 18.2 Å². The number of methoxy groups -OCH3 is 1. The van der Waals surface area contributed by atoms with E-state index in [2.05, 4.69) is 10.2 Å². The average molecular weight is 325 g/mol. The van der Waals surface area contributed by atoms with Crippen LogP contribution < -0.4 is 0 Å². The van der Waals surface area contributed by atoms with E-state index in [1.165, 1.54) is 7.11 Å². The van der Waals surface area contributed by atoms with Crippen LogP contribution in [0.2, 0.25) is 5.02 Å². The van der Waals surface area contributed by atoms with Gasteiger partial charge in [0.15, 0.2) is 0 Å². The number of hydrogen-bond acceptors (Lipinski definition) is 4. The minimum Gasteiger partial charge on any atom is -0.465 e. The topological polar surface area (TPSA) is 52.1 Å². The summed E-state index contributed by atoms with van der Waals surface area (Å²) in [6.07, 6.45) is 0. The number of carbonyl (C=O) groups is 1. The maximum atomic E-state index is 12.1. The third-order valence-corrected chi connectivity index (χ3v) is 3.64. The van der Waals surface area contributed by atoms with Crippen LogP contribution in [0.15, 0.2) is 60.7 Å². The van der Waals surface area contributed by atoms with E-state index in [-0.39, 0.29) is 0 Å². The van der Waals surface area contributed by atoms with E-state index >= 15 is 0 Å². The van der Waals surface area contributed by atoms with Gasteiger partial charge in [-0.3, -0.25) is 0 Å². The monoisotopic (exact) mass is 324 g/mol. The van der Waals surface area contributed by atoms with Crippen LogP contribution in [0.25, 0.3) is 22.5 Å². The van der Waals surface area contributed by atoms with Gasteiger partial charge in [0.2, 0.25) is 0 Å². The molecule has 3 rings (SSSR count). The molecule has 0 saturated carbocycles.